The van der Waals surface area contributed by atoms with Gasteiger partial charge in [-0.05, 0) is 50.6 Å². The van der Waals surface area contributed by atoms with Crippen LogP contribution in [0.25, 0.3) is 0 Å². The van der Waals surface area contributed by atoms with Crippen molar-refractivity contribution in [2.45, 2.75) is 34.6 Å². The summed E-state index contributed by atoms with van der Waals surface area (Å²) in [5.74, 6) is 0. The van der Waals surface area contributed by atoms with Gasteiger partial charge in [0, 0.05) is 23.8 Å². The Morgan fingerprint density at radius 2 is 1.24 bits per heavy atom. The standard InChI is InChI=1S/C8H11N.C5H5N.C2H6/c1-6-4-7(2)9-8(3)5-6;1-2-4-6-5-3-1;1-2/h4-5H,1-3H3;1-5H;1-2H3. The Balaban J connectivity index is 0.000000278. The van der Waals surface area contributed by atoms with E-state index >= 15 is 0 Å². The van der Waals surface area contributed by atoms with Crippen LogP contribution in [0.1, 0.15) is 30.8 Å². The number of nitrogens with zero attached hydrogens (tertiary/aromatic N) is 2. The lowest BCUT2D eigenvalue weighted by Gasteiger charge is -1.96. The Kier molecular flexibility index (Phi) is 8.57. The van der Waals surface area contributed by atoms with Gasteiger partial charge in [-0.15, -0.1) is 0 Å². The highest BCUT2D eigenvalue weighted by Gasteiger charge is 1.88. The summed E-state index contributed by atoms with van der Waals surface area (Å²) in [6, 6.07) is 9.87. The van der Waals surface area contributed by atoms with E-state index in [1.165, 1.54) is 5.56 Å². The Bertz CT molecular complexity index is 320. The summed E-state index contributed by atoms with van der Waals surface area (Å²) in [7, 11) is 0. The van der Waals surface area contributed by atoms with E-state index in [0.717, 1.165) is 11.4 Å². The van der Waals surface area contributed by atoms with Crippen LogP contribution in [-0.2, 0) is 0 Å². The first-order valence-electron chi connectivity index (χ1n) is 5.95. The number of aryl methyl sites for hydroxylation is 3. The smallest absolute Gasteiger partial charge is 0.0378 e. The van der Waals surface area contributed by atoms with Gasteiger partial charge >= 0.3 is 0 Å². The predicted molar refractivity (Wildman–Crippen MR) is 74.0 cm³/mol. The van der Waals surface area contributed by atoms with Crippen molar-refractivity contribution in [3.63, 3.8) is 0 Å². The largest absolute Gasteiger partial charge is 0.265 e. The van der Waals surface area contributed by atoms with Crippen molar-refractivity contribution in [1.82, 2.24) is 9.97 Å². The number of aromatic nitrogens is 2. The second-order valence-corrected chi connectivity index (χ2v) is 3.45. The van der Waals surface area contributed by atoms with Gasteiger partial charge in [0.25, 0.3) is 0 Å². The lowest BCUT2D eigenvalue weighted by atomic mass is 10.2. The lowest BCUT2D eigenvalue weighted by molar-refractivity contribution is 1.10. The Morgan fingerprint density at radius 3 is 1.47 bits per heavy atom. The van der Waals surface area contributed by atoms with E-state index in [4.69, 9.17) is 0 Å². The van der Waals surface area contributed by atoms with Crippen LogP contribution in [0.15, 0.2) is 42.7 Å². The first kappa shape index (κ1) is 15.3. The maximum absolute atomic E-state index is 4.23. The molecule has 2 heterocycles. The second-order valence-electron chi connectivity index (χ2n) is 3.45. The third-order valence-corrected chi connectivity index (χ3v) is 1.79. The number of hydrogen-bond donors (Lipinski definition) is 0. The van der Waals surface area contributed by atoms with Crippen molar-refractivity contribution in [3.8, 4) is 0 Å². The minimum atomic E-state index is 1.10. The highest BCUT2D eigenvalue weighted by Crippen LogP contribution is 2.01. The molecule has 0 unspecified atom stereocenters. The fraction of sp³-hybridized carbons (Fsp3) is 0.333. The van der Waals surface area contributed by atoms with E-state index in [1.807, 2.05) is 45.9 Å². The summed E-state index contributed by atoms with van der Waals surface area (Å²) in [6.45, 7) is 10.1. The molecule has 17 heavy (non-hydrogen) atoms. The van der Waals surface area contributed by atoms with Crippen molar-refractivity contribution >= 4 is 0 Å². The van der Waals surface area contributed by atoms with Crippen LogP contribution in [0.4, 0.5) is 0 Å². The number of hydrogen-bond acceptors (Lipinski definition) is 2. The highest BCUT2D eigenvalue weighted by atomic mass is 14.7. The molecule has 0 aromatic carbocycles. The van der Waals surface area contributed by atoms with Gasteiger partial charge in [0.05, 0.1) is 0 Å². The van der Waals surface area contributed by atoms with E-state index in [-0.39, 0.29) is 0 Å². The normalized spacial score (nSPS) is 8.29. The van der Waals surface area contributed by atoms with Gasteiger partial charge in [0.15, 0.2) is 0 Å². The molecule has 92 valence electrons. The summed E-state index contributed by atoms with van der Waals surface area (Å²) >= 11 is 0. The van der Waals surface area contributed by atoms with Crippen molar-refractivity contribution in [2.24, 2.45) is 0 Å². The van der Waals surface area contributed by atoms with E-state index in [9.17, 15) is 0 Å². The van der Waals surface area contributed by atoms with Crippen molar-refractivity contribution in [3.05, 3.63) is 59.7 Å². The molecule has 0 aliphatic heterocycles. The van der Waals surface area contributed by atoms with Crippen LogP contribution < -0.4 is 0 Å². The molecule has 0 saturated carbocycles. The molecule has 0 saturated heterocycles. The summed E-state index contributed by atoms with van der Waals surface area (Å²) in [5, 5.41) is 0. The number of rotatable bonds is 0. The molecule has 0 atom stereocenters. The van der Waals surface area contributed by atoms with Gasteiger partial charge in [-0.25, -0.2) is 0 Å². The fourth-order valence-corrected chi connectivity index (χ4v) is 1.36. The molecule has 2 aromatic rings. The fourth-order valence-electron chi connectivity index (χ4n) is 1.36. The van der Waals surface area contributed by atoms with Crippen LogP contribution >= 0.6 is 0 Å². The van der Waals surface area contributed by atoms with E-state index in [0.29, 0.717) is 0 Å². The molecule has 0 aliphatic rings. The first-order valence-corrected chi connectivity index (χ1v) is 5.95. The maximum atomic E-state index is 4.23. The monoisotopic (exact) mass is 230 g/mol. The van der Waals surface area contributed by atoms with Crippen molar-refractivity contribution < 1.29 is 0 Å². The third-order valence-electron chi connectivity index (χ3n) is 1.79. The van der Waals surface area contributed by atoms with Crippen molar-refractivity contribution in [2.75, 3.05) is 0 Å². The SMILES string of the molecule is CC.Cc1cc(C)nc(C)c1.c1ccncc1. The van der Waals surface area contributed by atoms with Gasteiger partial charge in [-0.1, -0.05) is 19.9 Å². The molecule has 0 spiro atoms. The summed E-state index contributed by atoms with van der Waals surface area (Å²) in [4.78, 5) is 8.02. The van der Waals surface area contributed by atoms with Crippen LogP contribution in [0, 0.1) is 20.8 Å². The zero-order valence-corrected chi connectivity index (χ0v) is 11.4. The molecule has 0 N–H and O–H groups in total. The minimum Gasteiger partial charge on any atom is -0.265 e. The zero-order valence-electron chi connectivity index (χ0n) is 11.4. The molecule has 0 fully saturated rings. The molecule has 0 aliphatic carbocycles. The Morgan fingerprint density at radius 1 is 0.765 bits per heavy atom. The Labute approximate surface area is 105 Å². The molecule has 0 radical (unpaired) electrons. The van der Waals surface area contributed by atoms with Crippen LogP contribution in [0.3, 0.4) is 0 Å². The highest BCUT2D eigenvalue weighted by molar-refractivity contribution is 5.18. The molecular weight excluding hydrogens is 208 g/mol. The molecule has 2 aromatic heterocycles. The third kappa shape index (κ3) is 8.14. The molecule has 0 bridgehead atoms. The van der Waals surface area contributed by atoms with Crippen LogP contribution in [0.2, 0.25) is 0 Å². The molecular formula is C15H22N2. The van der Waals surface area contributed by atoms with Crippen molar-refractivity contribution in [1.29, 1.82) is 0 Å². The van der Waals surface area contributed by atoms with E-state index in [1.54, 1.807) is 12.4 Å². The van der Waals surface area contributed by atoms with Gasteiger partial charge in [-0.2, -0.15) is 0 Å². The Hall–Kier alpha value is -1.70. The van der Waals surface area contributed by atoms with Gasteiger partial charge < -0.3 is 0 Å². The van der Waals surface area contributed by atoms with E-state index in [2.05, 4.69) is 29.0 Å². The zero-order chi connectivity index (χ0) is 13.1. The quantitative estimate of drug-likeness (QED) is 0.680. The predicted octanol–water partition coefficient (Wildman–Crippen LogP) is 4.11. The van der Waals surface area contributed by atoms with Gasteiger partial charge in [-0.3, -0.25) is 9.97 Å². The van der Waals surface area contributed by atoms with Gasteiger partial charge in [0.2, 0.25) is 0 Å². The van der Waals surface area contributed by atoms with Crippen LogP contribution in [-0.4, -0.2) is 9.97 Å². The molecule has 2 heteroatoms. The summed E-state index contributed by atoms with van der Waals surface area (Å²) < 4.78 is 0. The van der Waals surface area contributed by atoms with Crippen LogP contribution in [0.5, 0.6) is 0 Å². The van der Waals surface area contributed by atoms with Gasteiger partial charge in [0.1, 0.15) is 0 Å². The molecule has 2 rings (SSSR count). The summed E-state index contributed by atoms with van der Waals surface area (Å²) in [6.07, 6.45) is 3.50. The average Bonchev–Trinajstić information content (AvgIpc) is 2.33. The minimum absolute atomic E-state index is 1.10. The average molecular weight is 230 g/mol. The number of pyridine rings is 2. The topological polar surface area (TPSA) is 25.8 Å². The maximum Gasteiger partial charge on any atom is 0.0378 e. The molecule has 2 nitrogen and oxygen atoms in total. The second kappa shape index (κ2) is 9.52. The lowest BCUT2D eigenvalue weighted by Crippen LogP contribution is -1.85. The summed E-state index contributed by atoms with van der Waals surface area (Å²) in [5.41, 5.74) is 3.50. The van der Waals surface area contributed by atoms with E-state index < -0.39 is 0 Å². The molecule has 0 amide bonds. The first-order chi connectivity index (χ1) is 8.18.